The molecule has 6 nitrogen and oxygen atoms in total. The van der Waals surface area contributed by atoms with Crippen molar-refractivity contribution in [1.82, 2.24) is 15.1 Å². The predicted octanol–water partition coefficient (Wildman–Crippen LogP) is 2.81. The van der Waals surface area contributed by atoms with E-state index < -0.39 is 0 Å². The van der Waals surface area contributed by atoms with Gasteiger partial charge in [-0.1, -0.05) is 13.0 Å². The molecule has 1 saturated heterocycles. The van der Waals surface area contributed by atoms with Gasteiger partial charge in [0.05, 0.1) is 17.9 Å². The van der Waals surface area contributed by atoms with Crippen LogP contribution in [0.25, 0.3) is 0 Å². The van der Waals surface area contributed by atoms with E-state index in [0.717, 1.165) is 38.0 Å². The number of nitrogens with zero attached hydrogens (tertiary/aromatic N) is 3. The molecule has 0 saturated carbocycles. The van der Waals surface area contributed by atoms with Crippen molar-refractivity contribution in [2.24, 2.45) is 5.92 Å². The van der Waals surface area contributed by atoms with Crippen LogP contribution in [0.1, 0.15) is 44.0 Å². The average Bonchev–Trinajstić information content (AvgIpc) is 3.18. The van der Waals surface area contributed by atoms with Crippen molar-refractivity contribution in [3.05, 3.63) is 45.0 Å². The van der Waals surface area contributed by atoms with Crippen molar-refractivity contribution >= 4 is 22.9 Å². The Morgan fingerprint density at radius 2 is 2.19 bits per heavy atom. The highest BCUT2D eigenvalue weighted by molar-refractivity contribution is 7.10. The van der Waals surface area contributed by atoms with Crippen molar-refractivity contribution < 1.29 is 4.79 Å². The zero-order chi connectivity index (χ0) is 18.5. The summed E-state index contributed by atoms with van der Waals surface area (Å²) >= 11 is 1.66. The molecule has 7 heteroatoms. The first-order valence-electron chi connectivity index (χ1n) is 9.24. The molecule has 2 aromatic heterocycles. The number of thiophene rings is 1. The van der Waals surface area contributed by atoms with Gasteiger partial charge in [-0.25, -0.2) is 4.68 Å². The first-order valence-corrected chi connectivity index (χ1v) is 10.1. The molecule has 140 valence electrons. The third-order valence-electron chi connectivity index (χ3n) is 4.85. The summed E-state index contributed by atoms with van der Waals surface area (Å²) in [5, 5.41) is 9.40. The van der Waals surface area contributed by atoms with Crippen molar-refractivity contribution in [1.29, 1.82) is 0 Å². The maximum absolute atomic E-state index is 12.5. The lowest BCUT2D eigenvalue weighted by Crippen LogP contribution is -2.41. The van der Waals surface area contributed by atoms with Gasteiger partial charge < -0.3 is 10.2 Å². The second kappa shape index (κ2) is 8.49. The SMILES string of the molecule is CCCn1ncc(N2CCC(C(=O)N[C@H](C)c3cccs3)CC2)cc1=O. The molecule has 1 aliphatic heterocycles. The summed E-state index contributed by atoms with van der Waals surface area (Å²) in [4.78, 5) is 27.9. The van der Waals surface area contributed by atoms with E-state index in [0.29, 0.717) is 6.54 Å². The van der Waals surface area contributed by atoms with Gasteiger partial charge >= 0.3 is 0 Å². The zero-order valence-electron chi connectivity index (χ0n) is 15.4. The van der Waals surface area contributed by atoms with E-state index in [1.807, 2.05) is 31.4 Å². The first kappa shape index (κ1) is 18.6. The minimum Gasteiger partial charge on any atom is -0.370 e. The van der Waals surface area contributed by atoms with E-state index in [2.05, 4.69) is 15.3 Å². The highest BCUT2D eigenvalue weighted by Gasteiger charge is 2.26. The molecule has 1 N–H and O–H groups in total. The van der Waals surface area contributed by atoms with Crippen molar-refractivity contribution in [2.75, 3.05) is 18.0 Å². The van der Waals surface area contributed by atoms with E-state index in [-0.39, 0.29) is 23.4 Å². The number of carbonyl (C=O) groups excluding carboxylic acids is 1. The average molecular weight is 375 g/mol. The second-order valence-corrected chi connectivity index (χ2v) is 7.76. The Morgan fingerprint density at radius 1 is 1.42 bits per heavy atom. The van der Waals surface area contributed by atoms with Crippen LogP contribution in [-0.2, 0) is 11.3 Å². The molecular formula is C19H26N4O2S. The number of carbonyl (C=O) groups is 1. The monoisotopic (exact) mass is 374 g/mol. The fourth-order valence-electron chi connectivity index (χ4n) is 3.32. The van der Waals surface area contributed by atoms with E-state index >= 15 is 0 Å². The molecule has 1 fully saturated rings. The van der Waals surface area contributed by atoms with E-state index in [1.165, 1.54) is 9.56 Å². The van der Waals surface area contributed by atoms with Gasteiger partial charge in [0.25, 0.3) is 5.56 Å². The molecule has 1 amide bonds. The van der Waals surface area contributed by atoms with Crippen LogP contribution in [0.2, 0.25) is 0 Å². The van der Waals surface area contributed by atoms with Crippen LogP contribution >= 0.6 is 11.3 Å². The summed E-state index contributed by atoms with van der Waals surface area (Å²) in [5.41, 5.74) is 0.794. The number of aromatic nitrogens is 2. The molecule has 3 heterocycles. The molecule has 26 heavy (non-hydrogen) atoms. The van der Waals surface area contributed by atoms with Gasteiger partial charge in [0, 0.05) is 36.5 Å². The summed E-state index contributed by atoms with van der Waals surface area (Å²) in [5.74, 6) is 0.157. The van der Waals surface area contributed by atoms with Gasteiger partial charge in [-0.2, -0.15) is 5.10 Å². The number of anilines is 1. The number of hydrogen-bond acceptors (Lipinski definition) is 5. The molecular weight excluding hydrogens is 348 g/mol. The lowest BCUT2D eigenvalue weighted by Gasteiger charge is -2.33. The van der Waals surface area contributed by atoms with Crippen LogP contribution in [0.3, 0.4) is 0 Å². The fourth-order valence-corrected chi connectivity index (χ4v) is 4.05. The standard InChI is InChI=1S/C19H26N4O2S/c1-3-8-23-18(24)12-16(13-20-23)22-9-6-15(7-10-22)19(25)21-14(2)17-5-4-11-26-17/h4-5,11-15H,3,6-10H2,1-2H3,(H,21,25)/t14-/m1/s1. The van der Waals surface area contributed by atoms with Crippen LogP contribution in [0.15, 0.2) is 34.6 Å². The topological polar surface area (TPSA) is 67.2 Å². The molecule has 0 aromatic carbocycles. The van der Waals surface area contributed by atoms with Crippen LogP contribution in [0.5, 0.6) is 0 Å². The quantitative estimate of drug-likeness (QED) is 0.844. The molecule has 1 aliphatic rings. The Balaban J connectivity index is 1.54. The van der Waals surface area contributed by atoms with Gasteiger partial charge in [-0.15, -0.1) is 11.3 Å². The number of rotatable bonds is 6. The molecule has 3 rings (SSSR count). The number of piperidine rings is 1. The highest BCUT2D eigenvalue weighted by atomic mass is 32.1. The Hall–Kier alpha value is -2.15. The summed E-state index contributed by atoms with van der Waals surface area (Å²) < 4.78 is 1.50. The molecule has 0 bridgehead atoms. The van der Waals surface area contributed by atoms with E-state index in [4.69, 9.17) is 0 Å². The number of hydrogen-bond donors (Lipinski definition) is 1. The Morgan fingerprint density at radius 3 is 2.81 bits per heavy atom. The summed E-state index contributed by atoms with van der Waals surface area (Å²) in [6, 6.07) is 5.76. The molecule has 0 spiro atoms. The predicted molar refractivity (Wildman–Crippen MR) is 105 cm³/mol. The highest BCUT2D eigenvalue weighted by Crippen LogP contribution is 2.24. The normalized spacial score (nSPS) is 16.5. The molecule has 0 aliphatic carbocycles. The fraction of sp³-hybridized carbons (Fsp3) is 0.526. The minimum atomic E-state index is -0.0611. The Bertz CT molecular complexity index is 779. The lowest BCUT2D eigenvalue weighted by molar-refractivity contribution is -0.126. The smallest absolute Gasteiger partial charge is 0.268 e. The third-order valence-corrected chi connectivity index (χ3v) is 5.91. The largest absolute Gasteiger partial charge is 0.370 e. The van der Waals surface area contributed by atoms with Crippen molar-refractivity contribution in [2.45, 2.75) is 45.7 Å². The van der Waals surface area contributed by atoms with E-state index in [1.54, 1.807) is 23.6 Å². The number of amides is 1. The second-order valence-electron chi connectivity index (χ2n) is 6.78. The molecule has 2 aromatic rings. The van der Waals surface area contributed by atoms with Crippen LogP contribution in [0.4, 0.5) is 5.69 Å². The van der Waals surface area contributed by atoms with E-state index in [9.17, 15) is 9.59 Å². The zero-order valence-corrected chi connectivity index (χ0v) is 16.2. The van der Waals surface area contributed by atoms with Crippen LogP contribution in [-0.4, -0.2) is 28.8 Å². The third kappa shape index (κ3) is 4.33. The minimum absolute atomic E-state index is 0.0297. The van der Waals surface area contributed by atoms with Gasteiger partial charge in [-0.3, -0.25) is 9.59 Å². The van der Waals surface area contributed by atoms with Crippen LogP contribution in [0, 0.1) is 5.92 Å². The van der Waals surface area contributed by atoms with Crippen molar-refractivity contribution in [3.8, 4) is 0 Å². The van der Waals surface area contributed by atoms with Gasteiger partial charge in [0.15, 0.2) is 0 Å². The Labute approximate surface area is 157 Å². The van der Waals surface area contributed by atoms with Gasteiger partial charge in [0.2, 0.25) is 5.91 Å². The molecule has 0 radical (unpaired) electrons. The maximum atomic E-state index is 12.5. The molecule has 1 atom stereocenters. The molecule has 0 unspecified atom stereocenters. The van der Waals surface area contributed by atoms with Crippen molar-refractivity contribution in [3.63, 3.8) is 0 Å². The Kier molecular flexibility index (Phi) is 6.08. The number of nitrogens with one attached hydrogen (secondary N) is 1. The summed E-state index contributed by atoms with van der Waals surface area (Å²) in [6.45, 7) is 6.23. The first-order chi connectivity index (χ1) is 12.6. The summed E-state index contributed by atoms with van der Waals surface area (Å²) in [6.07, 6.45) is 4.23. The lowest BCUT2D eigenvalue weighted by atomic mass is 9.95. The van der Waals surface area contributed by atoms with Crippen LogP contribution < -0.4 is 15.8 Å². The van der Waals surface area contributed by atoms with Gasteiger partial charge in [0.1, 0.15) is 0 Å². The summed E-state index contributed by atoms with van der Waals surface area (Å²) in [7, 11) is 0. The van der Waals surface area contributed by atoms with Gasteiger partial charge in [-0.05, 0) is 37.6 Å². The number of aryl methyl sites for hydroxylation is 1. The maximum Gasteiger partial charge on any atom is 0.268 e.